The Hall–Kier alpha value is -2.25. The van der Waals surface area contributed by atoms with E-state index in [1.54, 1.807) is 28.9 Å². The molecule has 0 unspecified atom stereocenters. The van der Waals surface area contributed by atoms with E-state index in [1.807, 2.05) is 25.1 Å². The van der Waals surface area contributed by atoms with E-state index in [2.05, 4.69) is 37.8 Å². The molecule has 3 aromatic heterocycles. The Kier molecular flexibility index (Phi) is 6.14. The van der Waals surface area contributed by atoms with Gasteiger partial charge in [0.25, 0.3) is 0 Å². The number of aryl methyl sites for hydroxylation is 1. The molecule has 0 amide bonds. The molecule has 0 spiro atoms. The van der Waals surface area contributed by atoms with Gasteiger partial charge in [0.15, 0.2) is 5.96 Å². The molecule has 0 saturated heterocycles. The molecule has 3 rings (SSSR count). The molecule has 3 heterocycles. The zero-order valence-corrected chi connectivity index (χ0v) is 15.7. The van der Waals surface area contributed by atoms with Crippen molar-refractivity contribution in [3.63, 3.8) is 0 Å². The SMILES string of the molecule is Cc1nc(-c2ccc(CCN=C(N)NCCc3ccccn3)s2)cs1. The van der Waals surface area contributed by atoms with Crippen LogP contribution in [0.2, 0.25) is 0 Å². The second kappa shape index (κ2) is 8.73. The van der Waals surface area contributed by atoms with Gasteiger partial charge in [-0.1, -0.05) is 6.07 Å². The highest BCUT2D eigenvalue weighted by molar-refractivity contribution is 7.16. The van der Waals surface area contributed by atoms with Crippen LogP contribution in [0.1, 0.15) is 15.6 Å². The van der Waals surface area contributed by atoms with Crippen LogP contribution in [0.15, 0.2) is 46.9 Å². The monoisotopic (exact) mass is 371 g/mol. The van der Waals surface area contributed by atoms with Crippen LogP contribution in [0.25, 0.3) is 10.6 Å². The summed E-state index contributed by atoms with van der Waals surface area (Å²) in [6.07, 6.45) is 3.52. The van der Waals surface area contributed by atoms with E-state index in [-0.39, 0.29) is 0 Å². The Morgan fingerprint density at radius 1 is 1.24 bits per heavy atom. The molecule has 25 heavy (non-hydrogen) atoms. The molecule has 3 N–H and O–H groups in total. The van der Waals surface area contributed by atoms with Gasteiger partial charge >= 0.3 is 0 Å². The van der Waals surface area contributed by atoms with Crippen molar-refractivity contribution in [3.8, 4) is 10.6 Å². The Balaban J connectivity index is 1.42. The maximum absolute atomic E-state index is 5.91. The van der Waals surface area contributed by atoms with E-state index in [0.29, 0.717) is 12.5 Å². The molecular formula is C18H21N5S2. The first-order valence-electron chi connectivity index (χ1n) is 8.15. The van der Waals surface area contributed by atoms with Crippen molar-refractivity contribution in [2.45, 2.75) is 19.8 Å². The summed E-state index contributed by atoms with van der Waals surface area (Å²) in [5, 5.41) is 6.33. The second-order valence-electron chi connectivity index (χ2n) is 5.53. The summed E-state index contributed by atoms with van der Waals surface area (Å²) >= 11 is 3.45. The number of pyridine rings is 1. The van der Waals surface area contributed by atoms with Crippen molar-refractivity contribution < 1.29 is 0 Å². The number of thiophene rings is 1. The molecule has 130 valence electrons. The summed E-state index contributed by atoms with van der Waals surface area (Å²) < 4.78 is 0. The Morgan fingerprint density at radius 3 is 2.92 bits per heavy atom. The number of aliphatic imine (C=N–C) groups is 1. The first-order valence-corrected chi connectivity index (χ1v) is 9.85. The Bertz CT molecular complexity index is 823. The van der Waals surface area contributed by atoms with Crippen molar-refractivity contribution in [1.29, 1.82) is 0 Å². The molecule has 0 aliphatic heterocycles. The molecule has 0 fully saturated rings. The van der Waals surface area contributed by atoms with Gasteiger partial charge in [0.05, 0.1) is 15.6 Å². The normalized spacial score (nSPS) is 11.6. The number of hydrogen-bond donors (Lipinski definition) is 2. The Labute approximate surface area is 155 Å². The number of aromatic nitrogens is 2. The van der Waals surface area contributed by atoms with Crippen molar-refractivity contribution in [3.05, 3.63) is 57.5 Å². The maximum Gasteiger partial charge on any atom is 0.188 e. The minimum atomic E-state index is 0.489. The predicted molar refractivity (Wildman–Crippen MR) is 106 cm³/mol. The largest absolute Gasteiger partial charge is 0.370 e. The van der Waals surface area contributed by atoms with Gasteiger partial charge in [-0.25, -0.2) is 4.98 Å². The molecule has 0 aliphatic carbocycles. The van der Waals surface area contributed by atoms with Crippen molar-refractivity contribution >= 4 is 28.6 Å². The minimum absolute atomic E-state index is 0.489. The molecule has 5 nitrogen and oxygen atoms in total. The first-order chi connectivity index (χ1) is 12.2. The third-order valence-electron chi connectivity index (χ3n) is 3.59. The van der Waals surface area contributed by atoms with Crippen LogP contribution in [-0.4, -0.2) is 29.0 Å². The standard InChI is InChI=1S/C18H21N5S2/c1-13-23-16(12-24-13)17-6-5-15(25-17)8-11-22-18(19)21-10-7-14-4-2-3-9-20-14/h2-6,9,12H,7-8,10-11H2,1H3,(H3,19,21,22). The number of rotatable bonds is 7. The zero-order chi connectivity index (χ0) is 17.5. The number of guanidine groups is 1. The van der Waals surface area contributed by atoms with Gasteiger partial charge in [-0.3, -0.25) is 9.98 Å². The molecule has 0 bridgehead atoms. The lowest BCUT2D eigenvalue weighted by Crippen LogP contribution is -2.33. The van der Waals surface area contributed by atoms with Crippen LogP contribution < -0.4 is 11.1 Å². The van der Waals surface area contributed by atoms with Gasteiger partial charge in [0, 0.05) is 48.1 Å². The molecule has 0 radical (unpaired) electrons. The summed E-state index contributed by atoms with van der Waals surface area (Å²) in [5.74, 6) is 0.489. The Morgan fingerprint density at radius 2 is 2.16 bits per heavy atom. The fourth-order valence-electron chi connectivity index (χ4n) is 2.33. The first kappa shape index (κ1) is 17.6. The fourth-order valence-corrected chi connectivity index (χ4v) is 3.98. The lowest BCUT2D eigenvalue weighted by molar-refractivity contribution is 0.826. The van der Waals surface area contributed by atoms with Crippen LogP contribution in [0.3, 0.4) is 0 Å². The van der Waals surface area contributed by atoms with Crippen LogP contribution in [-0.2, 0) is 12.8 Å². The molecule has 0 aromatic carbocycles. The quantitative estimate of drug-likeness (QED) is 0.494. The highest BCUT2D eigenvalue weighted by atomic mass is 32.1. The number of hydrogen-bond acceptors (Lipinski definition) is 5. The van der Waals surface area contributed by atoms with E-state index in [4.69, 9.17) is 5.73 Å². The fraction of sp³-hybridized carbons (Fsp3) is 0.278. The zero-order valence-electron chi connectivity index (χ0n) is 14.1. The lowest BCUT2D eigenvalue weighted by atomic mass is 10.3. The maximum atomic E-state index is 5.91. The van der Waals surface area contributed by atoms with E-state index in [0.717, 1.165) is 35.8 Å². The summed E-state index contributed by atoms with van der Waals surface area (Å²) in [5.41, 5.74) is 8.03. The highest BCUT2D eigenvalue weighted by Crippen LogP contribution is 2.29. The van der Waals surface area contributed by atoms with Crippen molar-refractivity contribution in [1.82, 2.24) is 15.3 Å². The predicted octanol–water partition coefficient (Wildman–Crippen LogP) is 3.26. The van der Waals surface area contributed by atoms with Gasteiger partial charge in [-0.2, -0.15) is 0 Å². The lowest BCUT2D eigenvalue weighted by Gasteiger charge is -2.05. The number of nitrogens with one attached hydrogen (secondary N) is 1. The van der Waals surface area contributed by atoms with Gasteiger partial charge in [0.2, 0.25) is 0 Å². The van der Waals surface area contributed by atoms with Gasteiger partial charge < -0.3 is 11.1 Å². The average Bonchev–Trinajstić information content (AvgIpc) is 3.25. The van der Waals surface area contributed by atoms with Gasteiger partial charge in [-0.15, -0.1) is 22.7 Å². The molecule has 0 atom stereocenters. The second-order valence-corrected chi connectivity index (χ2v) is 7.76. The van der Waals surface area contributed by atoms with Crippen LogP contribution in [0, 0.1) is 6.92 Å². The topological polar surface area (TPSA) is 76.2 Å². The average molecular weight is 372 g/mol. The summed E-state index contributed by atoms with van der Waals surface area (Å²) in [4.78, 5) is 15.7. The number of nitrogens with zero attached hydrogens (tertiary/aromatic N) is 3. The van der Waals surface area contributed by atoms with Gasteiger partial charge in [0.1, 0.15) is 0 Å². The van der Waals surface area contributed by atoms with E-state index in [9.17, 15) is 0 Å². The number of thiazole rings is 1. The third kappa shape index (κ3) is 5.37. The highest BCUT2D eigenvalue weighted by Gasteiger charge is 2.06. The van der Waals surface area contributed by atoms with E-state index in [1.165, 1.54) is 9.75 Å². The molecular weight excluding hydrogens is 350 g/mol. The summed E-state index contributed by atoms with van der Waals surface area (Å²) in [6.45, 7) is 3.44. The van der Waals surface area contributed by atoms with Crippen LogP contribution in [0.4, 0.5) is 0 Å². The summed E-state index contributed by atoms with van der Waals surface area (Å²) in [6, 6.07) is 10.2. The summed E-state index contributed by atoms with van der Waals surface area (Å²) in [7, 11) is 0. The smallest absolute Gasteiger partial charge is 0.188 e. The van der Waals surface area contributed by atoms with Crippen LogP contribution >= 0.6 is 22.7 Å². The van der Waals surface area contributed by atoms with Crippen molar-refractivity contribution in [2.24, 2.45) is 10.7 Å². The molecule has 3 aromatic rings. The van der Waals surface area contributed by atoms with Gasteiger partial charge in [-0.05, 0) is 31.2 Å². The molecule has 0 aliphatic rings. The molecule has 7 heteroatoms. The number of nitrogens with two attached hydrogens (primary N) is 1. The minimum Gasteiger partial charge on any atom is -0.370 e. The van der Waals surface area contributed by atoms with Crippen LogP contribution in [0.5, 0.6) is 0 Å². The van der Waals surface area contributed by atoms with E-state index < -0.39 is 0 Å². The molecule has 0 saturated carbocycles. The van der Waals surface area contributed by atoms with Crippen molar-refractivity contribution in [2.75, 3.05) is 13.1 Å². The third-order valence-corrected chi connectivity index (χ3v) is 5.53. The van der Waals surface area contributed by atoms with E-state index >= 15 is 0 Å².